The number of nitrogens with one attached hydrogen (secondary N) is 1. The average molecular weight is 404 g/mol. The second-order valence-corrected chi connectivity index (χ2v) is 8.00. The fraction of sp³-hybridized carbons (Fsp3) is 0.400. The topological polar surface area (TPSA) is 44.8 Å². The van der Waals surface area contributed by atoms with Gasteiger partial charge in [0.2, 0.25) is 0 Å². The lowest BCUT2D eigenvalue weighted by atomic mass is 10.2. The summed E-state index contributed by atoms with van der Waals surface area (Å²) in [6, 6.07) is 12.4. The van der Waals surface area contributed by atoms with E-state index in [2.05, 4.69) is 46.3 Å². The van der Waals surface area contributed by atoms with Gasteiger partial charge in [0, 0.05) is 37.6 Å². The van der Waals surface area contributed by atoms with Gasteiger partial charge in [0.25, 0.3) is 0 Å². The van der Waals surface area contributed by atoms with Crippen molar-refractivity contribution in [3.8, 4) is 0 Å². The van der Waals surface area contributed by atoms with Crippen LogP contribution in [0.1, 0.15) is 27.7 Å². The fourth-order valence-electron chi connectivity index (χ4n) is 3.10. The Hall–Kier alpha value is -1.96. The Balaban J connectivity index is 1.57. The molecule has 0 spiro atoms. The molecule has 1 aliphatic rings. The summed E-state index contributed by atoms with van der Waals surface area (Å²) in [5, 5.41) is 4.72. The maximum Gasteiger partial charge on any atom is 0.340 e. The van der Waals surface area contributed by atoms with Gasteiger partial charge in [0.1, 0.15) is 5.00 Å². The summed E-state index contributed by atoms with van der Waals surface area (Å²) < 4.78 is 4.90. The van der Waals surface area contributed by atoms with E-state index in [9.17, 15) is 4.79 Å². The van der Waals surface area contributed by atoms with Crippen LogP contribution in [0.2, 0.25) is 0 Å². The van der Waals surface area contributed by atoms with E-state index in [1.54, 1.807) is 11.3 Å². The van der Waals surface area contributed by atoms with E-state index in [-0.39, 0.29) is 5.97 Å². The summed E-state index contributed by atoms with van der Waals surface area (Å²) >= 11 is 7.16. The SMILES string of the molecule is CCc1cc(C(=O)OC)c(NC(=S)N2CCN(Cc3ccccc3)CC2)s1. The molecule has 2 heterocycles. The van der Waals surface area contributed by atoms with Crippen LogP contribution in [0.3, 0.4) is 0 Å². The molecule has 5 nitrogen and oxygen atoms in total. The molecule has 1 saturated heterocycles. The van der Waals surface area contributed by atoms with E-state index in [0.717, 1.165) is 49.0 Å². The van der Waals surface area contributed by atoms with Crippen LogP contribution in [0.15, 0.2) is 36.4 Å². The molecule has 0 aliphatic carbocycles. The van der Waals surface area contributed by atoms with Crippen molar-refractivity contribution in [3.63, 3.8) is 0 Å². The third-order valence-corrected chi connectivity index (χ3v) is 6.22. The molecule has 0 saturated carbocycles. The zero-order chi connectivity index (χ0) is 19.2. The molecule has 1 aromatic carbocycles. The number of ether oxygens (including phenoxy) is 1. The number of methoxy groups -OCH3 is 1. The number of hydrogen-bond acceptors (Lipinski definition) is 5. The summed E-state index contributed by atoms with van der Waals surface area (Å²) in [5.74, 6) is -0.330. The second-order valence-electron chi connectivity index (χ2n) is 6.48. The van der Waals surface area contributed by atoms with Crippen LogP contribution in [-0.2, 0) is 17.7 Å². The average Bonchev–Trinajstić information content (AvgIpc) is 3.11. The molecule has 0 unspecified atom stereocenters. The number of aryl methyl sites for hydroxylation is 1. The largest absolute Gasteiger partial charge is 0.465 e. The van der Waals surface area contributed by atoms with Gasteiger partial charge in [-0.15, -0.1) is 11.3 Å². The minimum Gasteiger partial charge on any atom is -0.465 e. The predicted molar refractivity (Wildman–Crippen MR) is 115 cm³/mol. The zero-order valence-electron chi connectivity index (χ0n) is 15.7. The van der Waals surface area contributed by atoms with E-state index < -0.39 is 0 Å². The quantitative estimate of drug-likeness (QED) is 0.608. The van der Waals surface area contributed by atoms with Crippen molar-refractivity contribution >= 4 is 39.6 Å². The summed E-state index contributed by atoms with van der Waals surface area (Å²) in [6.45, 7) is 6.71. The number of hydrogen-bond donors (Lipinski definition) is 1. The first-order chi connectivity index (χ1) is 13.1. The summed E-state index contributed by atoms with van der Waals surface area (Å²) in [4.78, 5) is 17.8. The van der Waals surface area contributed by atoms with Crippen LogP contribution >= 0.6 is 23.6 Å². The molecule has 0 atom stereocenters. The molecule has 7 heteroatoms. The molecule has 0 radical (unpaired) electrons. The van der Waals surface area contributed by atoms with Crippen LogP contribution in [0, 0.1) is 0 Å². The number of anilines is 1. The molecule has 2 aromatic rings. The molecule has 1 aromatic heterocycles. The summed E-state index contributed by atoms with van der Waals surface area (Å²) in [6.07, 6.45) is 0.876. The van der Waals surface area contributed by atoms with Gasteiger partial charge >= 0.3 is 5.97 Å². The number of thiocarbonyl (C=S) groups is 1. The maximum atomic E-state index is 12.0. The molecule has 27 heavy (non-hydrogen) atoms. The number of piperazine rings is 1. The number of benzene rings is 1. The van der Waals surface area contributed by atoms with Crippen molar-refractivity contribution in [2.24, 2.45) is 0 Å². The first-order valence-electron chi connectivity index (χ1n) is 9.14. The Labute approximate surface area is 169 Å². The molecule has 0 bridgehead atoms. The van der Waals surface area contributed by atoms with Crippen molar-refractivity contribution in [2.45, 2.75) is 19.9 Å². The Kier molecular flexibility index (Phi) is 6.82. The van der Waals surface area contributed by atoms with Gasteiger partial charge in [-0.3, -0.25) is 4.90 Å². The molecular weight excluding hydrogens is 378 g/mol. The summed E-state index contributed by atoms with van der Waals surface area (Å²) in [5.41, 5.74) is 1.89. The van der Waals surface area contributed by atoms with E-state index in [1.165, 1.54) is 12.7 Å². The Bertz CT molecular complexity index is 784. The van der Waals surface area contributed by atoms with E-state index >= 15 is 0 Å². The molecular formula is C20H25N3O2S2. The molecule has 1 aliphatic heterocycles. The van der Waals surface area contributed by atoms with Crippen molar-refractivity contribution in [1.29, 1.82) is 0 Å². The number of thiophene rings is 1. The maximum absolute atomic E-state index is 12.0. The highest BCUT2D eigenvalue weighted by molar-refractivity contribution is 7.80. The first kappa shape index (κ1) is 19.8. The standard InChI is InChI=1S/C20H25N3O2S2/c1-3-16-13-17(19(24)25-2)18(27-16)21-20(26)23-11-9-22(10-12-23)14-15-7-5-4-6-8-15/h4-8,13H,3,9-12,14H2,1-2H3,(H,21,26). The number of nitrogens with zero attached hydrogens (tertiary/aromatic N) is 2. The third kappa shape index (κ3) is 5.06. The molecule has 1 N–H and O–H groups in total. The highest BCUT2D eigenvalue weighted by atomic mass is 32.1. The monoisotopic (exact) mass is 403 g/mol. The van der Waals surface area contributed by atoms with Crippen molar-refractivity contribution in [2.75, 3.05) is 38.6 Å². The van der Waals surface area contributed by atoms with Gasteiger partial charge in [0.05, 0.1) is 12.7 Å². The highest BCUT2D eigenvalue weighted by Crippen LogP contribution is 2.29. The lowest BCUT2D eigenvalue weighted by molar-refractivity contribution is 0.0602. The van der Waals surface area contributed by atoms with Gasteiger partial charge in [-0.2, -0.15) is 0 Å². The predicted octanol–water partition coefficient (Wildman–Crippen LogP) is 3.61. The minimum absolute atomic E-state index is 0.330. The van der Waals surface area contributed by atoms with Crippen molar-refractivity contribution in [1.82, 2.24) is 9.80 Å². The van der Waals surface area contributed by atoms with E-state index in [1.807, 2.05) is 12.1 Å². The smallest absolute Gasteiger partial charge is 0.340 e. The number of carbonyl (C=O) groups is 1. The Morgan fingerprint density at radius 1 is 1.22 bits per heavy atom. The first-order valence-corrected chi connectivity index (χ1v) is 10.4. The summed E-state index contributed by atoms with van der Waals surface area (Å²) in [7, 11) is 1.40. The molecule has 1 fully saturated rings. The van der Waals surface area contributed by atoms with Crippen molar-refractivity contribution in [3.05, 3.63) is 52.4 Å². The normalized spacial score (nSPS) is 14.8. The van der Waals surface area contributed by atoms with Gasteiger partial charge in [-0.1, -0.05) is 37.3 Å². The highest BCUT2D eigenvalue weighted by Gasteiger charge is 2.22. The van der Waals surface area contributed by atoms with E-state index in [0.29, 0.717) is 10.7 Å². The van der Waals surface area contributed by atoms with Crippen LogP contribution < -0.4 is 5.32 Å². The lowest BCUT2D eigenvalue weighted by Crippen LogP contribution is -2.49. The van der Waals surface area contributed by atoms with Crippen LogP contribution in [0.25, 0.3) is 0 Å². The Morgan fingerprint density at radius 2 is 1.93 bits per heavy atom. The van der Waals surface area contributed by atoms with E-state index in [4.69, 9.17) is 17.0 Å². The van der Waals surface area contributed by atoms with Crippen LogP contribution in [0.5, 0.6) is 0 Å². The zero-order valence-corrected chi connectivity index (χ0v) is 17.4. The third-order valence-electron chi connectivity index (χ3n) is 4.67. The van der Waals surface area contributed by atoms with Crippen molar-refractivity contribution < 1.29 is 9.53 Å². The van der Waals surface area contributed by atoms with Crippen LogP contribution in [-0.4, -0.2) is 54.2 Å². The van der Waals surface area contributed by atoms with Gasteiger partial charge in [0.15, 0.2) is 5.11 Å². The molecule has 144 valence electrons. The number of carbonyl (C=O) groups excluding carboxylic acids is 1. The minimum atomic E-state index is -0.330. The van der Waals surface area contributed by atoms with Crippen LogP contribution in [0.4, 0.5) is 5.00 Å². The van der Waals surface area contributed by atoms with Gasteiger partial charge < -0.3 is 15.0 Å². The lowest BCUT2D eigenvalue weighted by Gasteiger charge is -2.36. The van der Waals surface area contributed by atoms with Gasteiger partial charge in [-0.25, -0.2) is 4.79 Å². The second kappa shape index (κ2) is 9.30. The molecule has 0 amide bonds. The molecule has 3 rings (SSSR count). The fourth-order valence-corrected chi connectivity index (χ4v) is 4.43. The van der Waals surface area contributed by atoms with Gasteiger partial charge in [-0.05, 0) is 30.3 Å². The number of esters is 1. The Morgan fingerprint density at radius 3 is 2.56 bits per heavy atom. The number of rotatable bonds is 5.